The zero-order valence-corrected chi connectivity index (χ0v) is 13.6. The van der Waals surface area contributed by atoms with Gasteiger partial charge in [0, 0.05) is 6.61 Å². The van der Waals surface area contributed by atoms with Gasteiger partial charge in [0.1, 0.15) is 5.75 Å². The zero-order valence-electron chi connectivity index (χ0n) is 13.6. The van der Waals surface area contributed by atoms with E-state index < -0.39 is 0 Å². The van der Waals surface area contributed by atoms with Crippen LogP contribution < -0.4 is 10.5 Å². The normalized spacial score (nSPS) is 27.3. The Morgan fingerprint density at radius 3 is 2.52 bits per heavy atom. The topological polar surface area (TPSA) is 44.5 Å². The van der Waals surface area contributed by atoms with E-state index in [4.69, 9.17) is 15.2 Å². The van der Waals surface area contributed by atoms with Crippen LogP contribution in [0, 0.1) is 5.92 Å². The molecule has 1 aromatic rings. The molecule has 3 heteroatoms. The van der Waals surface area contributed by atoms with E-state index in [1.165, 1.54) is 12.8 Å². The molecule has 0 saturated heterocycles. The summed E-state index contributed by atoms with van der Waals surface area (Å²) in [6.45, 7) is 7.76. The molecule has 1 aliphatic rings. The van der Waals surface area contributed by atoms with Crippen LogP contribution in [0.1, 0.15) is 58.1 Å². The molecule has 118 valence electrons. The van der Waals surface area contributed by atoms with Crippen LogP contribution >= 0.6 is 0 Å². The predicted molar refractivity (Wildman–Crippen MR) is 86.5 cm³/mol. The molecular weight excluding hydrogens is 262 g/mol. The summed E-state index contributed by atoms with van der Waals surface area (Å²) in [7, 11) is 0. The molecule has 0 spiro atoms. The summed E-state index contributed by atoms with van der Waals surface area (Å²) in [5, 5.41) is 0. The predicted octanol–water partition coefficient (Wildman–Crippen LogP) is 4.07. The van der Waals surface area contributed by atoms with Crippen LogP contribution in [-0.4, -0.2) is 18.8 Å². The highest BCUT2D eigenvalue weighted by Gasteiger charge is 2.41. The molecule has 3 nitrogen and oxygen atoms in total. The maximum absolute atomic E-state index is 6.61. The average Bonchev–Trinajstić information content (AvgIpc) is 2.48. The molecule has 0 bridgehead atoms. The number of nitrogens with two attached hydrogens (primary N) is 1. The van der Waals surface area contributed by atoms with Crippen LogP contribution in [-0.2, 0) is 4.74 Å². The summed E-state index contributed by atoms with van der Waals surface area (Å²) >= 11 is 0. The third-order valence-electron chi connectivity index (χ3n) is 4.54. The Kier molecular flexibility index (Phi) is 5.65. The minimum absolute atomic E-state index is 0.0733. The third kappa shape index (κ3) is 3.78. The van der Waals surface area contributed by atoms with E-state index in [2.05, 4.69) is 26.0 Å². The highest BCUT2D eigenvalue weighted by molar-refractivity contribution is 5.30. The Labute approximate surface area is 128 Å². The van der Waals surface area contributed by atoms with E-state index in [0.29, 0.717) is 12.5 Å². The minimum Gasteiger partial charge on any atom is -0.494 e. The second-order valence-corrected chi connectivity index (χ2v) is 6.18. The minimum atomic E-state index is -0.209. The van der Waals surface area contributed by atoms with Crippen molar-refractivity contribution in [1.82, 2.24) is 0 Å². The van der Waals surface area contributed by atoms with Gasteiger partial charge in [-0.05, 0) is 50.3 Å². The molecule has 3 unspecified atom stereocenters. The van der Waals surface area contributed by atoms with Gasteiger partial charge in [-0.3, -0.25) is 0 Å². The monoisotopic (exact) mass is 291 g/mol. The first-order valence-corrected chi connectivity index (χ1v) is 8.23. The molecule has 0 radical (unpaired) electrons. The van der Waals surface area contributed by atoms with Crippen molar-refractivity contribution in [2.75, 3.05) is 13.2 Å². The lowest BCUT2D eigenvalue weighted by molar-refractivity contribution is -0.0938. The molecule has 1 aromatic carbocycles. The van der Waals surface area contributed by atoms with Crippen molar-refractivity contribution < 1.29 is 9.47 Å². The van der Waals surface area contributed by atoms with Crippen molar-refractivity contribution in [3.63, 3.8) is 0 Å². The molecule has 1 aliphatic carbocycles. The van der Waals surface area contributed by atoms with E-state index in [9.17, 15) is 0 Å². The first-order valence-electron chi connectivity index (χ1n) is 8.23. The van der Waals surface area contributed by atoms with Gasteiger partial charge in [0.05, 0.1) is 18.2 Å². The number of rotatable bonds is 6. The van der Waals surface area contributed by atoms with Gasteiger partial charge < -0.3 is 15.2 Å². The second kappa shape index (κ2) is 7.28. The van der Waals surface area contributed by atoms with Crippen LogP contribution in [0.4, 0.5) is 0 Å². The van der Waals surface area contributed by atoms with E-state index >= 15 is 0 Å². The quantitative estimate of drug-likeness (QED) is 0.859. The molecule has 0 aliphatic heterocycles. The molecule has 0 heterocycles. The van der Waals surface area contributed by atoms with Crippen molar-refractivity contribution in [2.24, 2.45) is 11.7 Å². The van der Waals surface area contributed by atoms with Gasteiger partial charge in [-0.2, -0.15) is 0 Å². The van der Waals surface area contributed by atoms with Crippen molar-refractivity contribution in [2.45, 2.75) is 58.1 Å². The Morgan fingerprint density at radius 2 is 1.95 bits per heavy atom. The van der Waals surface area contributed by atoms with Gasteiger partial charge >= 0.3 is 0 Å². The highest BCUT2D eigenvalue weighted by atomic mass is 16.5. The van der Waals surface area contributed by atoms with Gasteiger partial charge in [0.25, 0.3) is 0 Å². The van der Waals surface area contributed by atoms with E-state index in [-0.39, 0.29) is 11.6 Å². The second-order valence-electron chi connectivity index (χ2n) is 6.18. The molecule has 0 amide bonds. The summed E-state index contributed by atoms with van der Waals surface area (Å²) in [6.07, 6.45) is 4.59. The van der Waals surface area contributed by atoms with Gasteiger partial charge in [-0.25, -0.2) is 0 Å². The first kappa shape index (κ1) is 16.3. The number of ether oxygens (including phenoxy) is 2. The molecule has 2 rings (SSSR count). The smallest absolute Gasteiger partial charge is 0.119 e. The van der Waals surface area contributed by atoms with Crippen LogP contribution in [0.5, 0.6) is 5.75 Å². The lowest BCUT2D eigenvalue weighted by Gasteiger charge is -2.44. The number of hydrogen-bond acceptors (Lipinski definition) is 3. The maximum atomic E-state index is 6.61. The Hall–Kier alpha value is -1.06. The van der Waals surface area contributed by atoms with Gasteiger partial charge in [0.2, 0.25) is 0 Å². The fourth-order valence-corrected chi connectivity index (χ4v) is 3.58. The standard InChI is InChI=1S/C18H29NO2/c1-4-20-16-10-8-15(9-11-16)17(19)18(21-5-2)12-6-7-14(3)13-18/h8-11,14,17H,4-7,12-13,19H2,1-3H3. The van der Waals surface area contributed by atoms with Crippen molar-refractivity contribution in [1.29, 1.82) is 0 Å². The van der Waals surface area contributed by atoms with Crippen molar-refractivity contribution in [3.8, 4) is 5.75 Å². The van der Waals surface area contributed by atoms with Crippen LogP contribution in [0.2, 0.25) is 0 Å². The van der Waals surface area contributed by atoms with Crippen molar-refractivity contribution >= 4 is 0 Å². The zero-order chi connectivity index (χ0) is 15.3. The molecule has 3 atom stereocenters. The Bertz CT molecular complexity index is 427. The first-order chi connectivity index (χ1) is 10.1. The molecule has 21 heavy (non-hydrogen) atoms. The molecule has 2 N–H and O–H groups in total. The fraction of sp³-hybridized carbons (Fsp3) is 0.667. The van der Waals surface area contributed by atoms with Gasteiger partial charge in [-0.15, -0.1) is 0 Å². The maximum Gasteiger partial charge on any atom is 0.119 e. The molecule has 0 aromatic heterocycles. The molecule has 1 saturated carbocycles. The Balaban J connectivity index is 2.19. The van der Waals surface area contributed by atoms with E-state index in [0.717, 1.165) is 30.8 Å². The SMILES string of the molecule is CCOc1ccc(C(N)C2(OCC)CCCC(C)C2)cc1. The number of benzene rings is 1. The molecule has 1 fully saturated rings. The van der Waals surface area contributed by atoms with Gasteiger partial charge in [-0.1, -0.05) is 31.9 Å². The van der Waals surface area contributed by atoms with Crippen LogP contribution in [0.3, 0.4) is 0 Å². The highest BCUT2D eigenvalue weighted by Crippen LogP contribution is 2.42. The van der Waals surface area contributed by atoms with E-state index in [1.807, 2.05) is 19.1 Å². The van der Waals surface area contributed by atoms with Crippen LogP contribution in [0.15, 0.2) is 24.3 Å². The summed E-state index contributed by atoms with van der Waals surface area (Å²) in [6, 6.07) is 8.09. The third-order valence-corrected chi connectivity index (χ3v) is 4.54. The largest absolute Gasteiger partial charge is 0.494 e. The van der Waals surface area contributed by atoms with Gasteiger partial charge in [0.15, 0.2) is 0 Å². The Morgan fingerprint density at radius 1 is 1.24 bits per heavy atom. The summed E-state index contributed by atoms with van der Waals surface area (Å²) in [4.78, 5) is 0. The van der Waals surface area contributed by atoms with E-state index in [1.54, 1.807) is 0 Å². The average molecular weight is 291 g/mol. The summed E-state index contributed by atoms with van der Waals surface area (Å²) in [5.74, 6) is 1.58. The fourth-order valence-electron chi connectivity index (χ4n) is 3.58. The van der Waals surface area contributed by atoms with Crippen molar-refractivity contribution in [3.05, 3.63) is 29.8 Å². The summed E-state index contributed by atoms with van der Waals surface area (Å²) in [5.41, 5.74) is 7.54. The number of hydrogen-bond donors (Lipinski definition) is 1. The molecular formula is C18H29NO2. The van der Waals surface area contributed by atoms with Crippen LogP contribution in [0.25, 0.3) is 0 Å². The lowest BCUT2D eigenvalue weighted by Crippen LogP contribution is -2.47. The summed E-state index contributed by atoms with van der Waals surface area (Å²) < 4.78 is 11.7. The lowest BCUT2D eigenvalue weighted by atomic mass is 9.73.